The molecule has 0 saturated heterocycles. The summed E-state index contributed by atoms with van der Waals surface area (Å²) in [5.41, 5.74) is 1.15. The number of fused-ring (bicyclic) bond motifs is 1. The van der Waals surface area contributed by atoms with Gasteiger partial charge in [0.25, 0.3) is 5.56 Å². The maximum atomic E-state index is 12.4. The molecule has 150 valence electrons. The summed E-state index contributed by atoms with van der Waals surface area (Å²) in [7, 11) is 0. The normalized spacial score (nSPS) is 11.9. The van der Waals surface area contributed by atoms with E-state index in [4.69, 9.17) is 0 Å². The number of rotatable bonds is 9. The summed E-state index contributed by atoms with van der Waals surface area (Å²) in [4.78, 5) is 40.3. The largest absolute Gasteiger partial charge is 0.479 e. The van der Waals surface area contributed by atoms with E-state index < -0.39 is 12.0 Å². The summed E-state index contributed by atoms with van der Waals surface area (Å²) < 4.78 is 1.58. The van der Waals surface area contributed by atoms with Gasteiger partial charge < -0.3 is 10.4 Å². The van der Waals surface area contributed by atoms with Crippen LogP contribution in [0.3, 0.4) is 0 Å². The van der Waals surface area contributed by atoms with E-state index in [1.807, 2.05) is 12.1 Å². The summed E-state index contributed by atoms with van der Waals surface area (Å²) >= 11 is 0. The number of carbonyl (C=O) groups is 2. The molecule has 1 heterocycles. The zero-order valence-electron chi connectivity index (χ0n) is 16.0. The molecule has 0 fully saturated rings. The van der Waals surface area contributed by atoms with Crippen LogP contribution in [-0.4, -0.2) is 26.5 Å². The zero-order valence-corrected chi connectivity index (χ0v) is 16.0. The van der Waals surface area contributed by atoms with E-state index in [0.29, 0.717) is 29.4 Å². The van der Waals surface area contributed by atoms with Gasteiger partial charge in [-0.2, -0.15) is 0 Å². The highest BCUT2D eigenvalue weighted by Gasteiger charge is 2.21. The van der Waals surface area contributed by atoms with E-state index in [2.05, 4.69) is 10.3 Å². The van der Waals surface area contributed by atoms with Gasteiger partial charge in [0.1, 0.15) is 0 Å². The lowest BCUT2D eigenvalue weighted by molar-refractivity contribution is -0.142. The number of benzene rings is 2. The quantitative estimate of drug-likeness (QED) is 0.544. The number of nitrogens with zero attached hydrogens (tertiary/aromatic N) is 2. The van der Waals surface area contributed by atoms with Gasteiger partial charge in [-0.15, -0.1) is 0 Å². The van der Waals surface area contributed by atoms with Crippen molar-refractivity contribution in [3.63, 3.8) is 0 Å². The van der Waals surface area contributed by atoms with Gasteiger partial charge in [-0.1, -0.05) is 48.9 Å². The number of carboxylic acids is 1. The molecule has 2 N–H and O–H groups in total. The molecular weight excluding hydrogens is 370 g/mol. The van der Waals surface area contributed by atoms with Gasteiger partial charge in [0.15, 0.2) is 6.04 Å². The van der Waals surface area contributed by atoms with Crippen molar-refractivity contribution in [2.75, 3.05) is 0 Å². The number of amides is 1. The van der Waals surface area contributed by atoms with E-state index in [-0.39, 0.29) is 17.9 Å². The minimum absolute atomic E-state index is 0.0690. The highest BCUT2D eigenvalue weighted by molar-refractivity contribution is 5.84. The van der Waals surface area contributed by atoms with Crippen LogP contribution in [0.4, 0.5) is 0 Å². The third kappa shape index (κ3) is 5.28. The predicted molar refractivity (Wildman–Crippen MR) is 109 cm³/mol. The van der Waals surface area contributed by atoms with Gasteiger partial charge in [0.05, 0.1) is 17.2 Å². The Kier molecular flexibility index (Phi) is 6.73. The predicted octanol–water partition coefficient (Wildman–Crippen LogP) is 2.90. The van der Waals surface area contributed by atoms with Gasteiger partial charge in [0.2, 0.25) is 5.91 Å². The molecule has 3 aromatic rings. The van der Waals surface area contributed by atoms with Crippen molar-refractivity contribution < 1.29 is 14.7 Å². The molecule has 7 heteroatoms. The standard InChI is InChI=1S/C22H23N3O4/c26-19(24-20(22(28)29)16-9-3-1-4-10-16)13-5-2-8-14-25-15-23-18-12-7-6-11-17(18)21(25)27/h1,3-4,6-7,9-12,15,20H,2,5,8,13-14H2,(H,24,26)(H,28,29)/t20-/m0/s1. The first-order valence-corrected chi connectivity index (χ1v) is 9.57. The van der Waals surface area contributed by atoms with Crippen molar-refractivity contribution in [1.29, 1.82) is 0 Å². The molecule has 0 radical (unpaired) electrons. The average molecular weight is 393 g/mol. The van der Waals surface area contributed by atoms with Crippen molar-refractivity contribution in [3.8, 4) is 0 Å². The van der Waals surface area contributed by atoms with Gasteiger partial charge in [-0.05, 0) is 30.5 Å². The fourth-order valence-corrected chi connectivity index (χ4v) is 3.18. The number of aryl methyl sites for hydroxylation is 1. The Labute approximate surface area is 168 Å². The number of carbonyl (C=O) groups excluding carboxylic acids is 1. The molecule has 0 saturated carbocycles. The number of aliphatic carboxylic acids is 1. The highest BCUT2D eigenvalue weighted by Crippen LogP contribution is 2.13. The minimum Gasteiger partial charge on any atom is -0.479 e. The molecule has 3 rings (SSSR count). The molecule has 29 heavy (non-hydrogen) atoms. The van der Waals surface area contributed by atoms with E-state index in [0.717, 1.165) is 12.8 Å². The maximum Gasteiger partial charge on any atom is 0.330 e. The van der Waals surface area contributed by atoms with Crippen LogP contribution < -0.4 is 10.9 Å². The van der Waals surface area contributed by atoms with Crippen LogP contribution in [0.1, 0.15) is 37.3 Å². The first-order valence-electron chi connectivity index (χ1n) is 9.57. The third-order valence-corrected chi connectivity index (χ3v) is 4.72. The summed E-state index contributed by atoms with van der Waals surface area (Å²) in [6, 6.07) is 14.8. The molecule has 1 atom stereocenters. The fraction of sp³-hybridized carbons (Fsp3) is 0.273. The van der Waals surface area contributed by atoms with Crippen LogP contribution in [0, 0.1) is 0 Å². The van der Waals surface area contributed by atoms with Gasteiger partial charge in [0, 0.05) is 13.0 Å². The van der Waals surface area contributed by atoms with Crippen molar-refractivity contribution in [2.24, 2.45) is 0 Å². The van der Waals surface area contributed by atoms with E-state index in [9.17, 15) is 19.5 Å². The Balaban J connectivity index is 1.46. The second-order valence-electron chi connectivity index (χ2n) is 6.82. The summed E-state index contributed by atoms with van der Waals surface area (Å²) in [6.45, 7) is 0.528. The van der Waals surface area contributed by atoms with Crippen molar-refractivity contribution in [2.45, 2.75) is 38.3 Å². The van der Waals surface area contributed by atoms with Crippen molar-refractivity contribution in [3.05, 3.63) is 76.8 Å². The summed E-state index contributed by atoms with van der Waals surface area (Å²) in [6.07, 6.45) is 3.88. The SMILES string of the molecule is O=C(CCCCCn1cnc2ccccc2c1=O)N[C@H](C(=O)O)c1ccccc1. The van der Waals surface area contributed by atoms with Crippen molar-refractivity contribution >= 4 is 22.8 Å². The molecule has 0 aliphatic rings. The lowest BCUT2D eigenvalue weighted by atomic mass is 10.1. The van der Waals surface area contributed by atoms with Crippen molar-refractivity contribution in [1.82, 2.24) is 14.9 Å². The van der Waals surface area contributed by atoms with Crippen LogP contribution in [0.15, 0.2) is 65.7 Å². The molecule has 1 aromatic heterocycles. The number of carboxylic acid groups (broad SMARTS) is 1. The third-order valence-electron chi connectivity index (χ3n) is 4.72. The van der Waals surface area contributed by atoms with Crippen LogP contribution >= 0.6 is 0 Å². The molecule has 0 aliphatic heterocycles. The number of para-hydroxylation sites is 1. The van der Waals surface area contributed by atoms with E-state index in [1.54, 1.807) is 53.4 Å². The maximum absolute atomic E-state index is 12.4. The van der Waals surface area contributed by atoms with E-state index in [1.165, 1.54) is 0 Å². The fourth-order valence-electron chi connectivity index (χ4n) is 3.18. The molecule has 0 unspecified atom stereocenters. The zero-order chi connectivity index (χ0) is 20.6. The first-order chi connectivity index (χ1) is 14.1. The smallest absolute Gasteiger partial charge is 0.330 e. The molecule has 1 amide bonds. The lowest BCUT2D eigenvalue weighted by Crippen LogP contribution is -2.33. The number of unbranched alkanes of at least 4 members (excludes halogenated alkanes) is 2. The van der Waals surface area contributed by atoms with Gasteiger partial charge in [-0.3, -0.25) is 14.2 Å². The highest BCUT2D eigenvalue weighted by atomic mass is 16.4. The number of nitrogens with one attached hydrogen (secondary N) is 1. The Morgan fingerprint density at radius 1 is 1.00 bits per heavy atom. The van der Waals surface area contributed by atoms with Crippen LogP contribution in [0.5, 0.6) is 0 Å². The minimum atomic E-state index is -1.09. The van der Waals surface area contributed by atoms with Crippen LogP contribution in [0.25, 0.3) is 10.9 Å². The molecule has 7 nitrogen and oxygen atoms in total. The second-order valence-corrected chi connectivity index (χ2v) is 6.82. The molecule has 0 bridgehead atoms. The lowest BCUT2D eigenvalue weighted by Gasteiger charge is -2.14. The Hall–Kier alpha value is -3.48. The van der Waals surface area contributed by atoms with Gasteiger partial charge in [-0.25, -0.2) is 9.78 Å². The Morgan fingerprint density at radius 3 is 2.48 bits per heavy atom. The Morgan fingerprint density at radius 2 is 1.72 bits per heavy atom. The topological polar surface area (TPSA) is 101 Å². The molecule has 0 spiro atoms. The van der Waals surface area contributed by atoms with E-state index >= 15 is 0 Å². The molecule has 2 aromatic carbocycles. The first kappa shape index (κ1) is 20.3. The molecular formula is C22H23N3O4. The molecule has 0 aliphatic carbocycles. The monoisotopic (exact) mass is 393 g/mol. The average Bonchev–Trinajstić information content (AvgIpc) is 2.74. The van der Waals surface area contributed by atoms with Gasteiger partial charge >= 0.3 is 5.97 Å². The van der Waals surface area contributed by atoms with Crippen LogP contribution in [-0.2, 0) is 16.1 Å². The second kappa shape index (κ2) is 9.64. The summed E-state index contributed by atoms with van der Waals surface area (Å²) in [5, 5.41) is 12.5. The number of hydrogen-bond acceptors (Lipinski definition) is 4. The van der Waals surface area contributed by atoms with Crippen LogP contribution in [0.2, 0.25) is 0 Å². The Bertz CT molecular complexity index is 1050. The number of hydrogen-bond donors (Lipinski definition) is 2. The summed E-state index contributed by atoms with van der Waals surface area (Å²) in [5.74, 6) is -1.39. The number of aromatic nitrogens is 2.